The van der Waals surface area contributed by atoms with E-state index in [4.69, 9.17) is 5.73 Å². The number of aryl methyl sites for hydroxylation is 3. The van der Waals surface area contributed by atoms with Gasteiger partial charge in [0.15, 0.2) is 0 Å². The maximum atomic E-state index is 4.74. The smallest absolute Gasteiger partial charge is 0.0794 e. The van der Waals surface area contributed by atoms with Crippen molar-refractivity contribution in [1.82, 2.24) is 5.32 Å². The molecular weight excluding hydrogens is 330 g/mol. The summed E-state index contributed by atoms with van der Waals surface area (Å²) < 4.78 is 0. The minimum atomic E-state index is 1.11. The van der Waals surface area contributed by atoms with Gasteiger partial charge in [-0.3, -0.25) is 4.99 Å². The summed E-state index contributed by atoms with van der Waals surface area (Å²) in [4.78, 5) is 3.39. The van der Waals surface area contributed by atoms with E-state index in [9.17, 15) is 0 Å². The Morgan fingerprint density at radius 2 is 1.70 bits per heavy atom. The summed E-state index contributed by atoms with van der Waals surface area (Å²) in [5.41, 5.74) is 10.1. The van der Waals surface area contributed by atoms with Crippen molar-refractivity contribution < 1.29 is 0 Å². The first-order valence-electron chi connectivity index (χ1n) is 9.59. The molecule has 3 nitrogen and oxygen atoms in total. The number of nitrogens with one attached hydrogen (secondary N) is 1. The lowest BCUT2D eigenvalue weighted by Gasteiger charge is -2.04. The average molecular weight is 370 g/mol. The topological polar surface area (TPSA) is 50.4 Å². The third-order valence-corrected chi connectivity index (χ3v) is 3.56. The van der Waals surface area contributed by atoms with E-state index in [0.29, 0.717) is 0 Å². The van der Waals surface area contributed by atoms with Gasteiger partial charge in [-0.1, -0.05) is 80.6 Å². The highest BCUT2D eigenvalue weighted by molar-refractivity contribution is 5.50. The van der Waals surface area contributed by atoms with E-state index in [-0.39, 0.29) is 0 Å². The minimum absolute atomic E-state index is 1.11. The summed E-state index contributed by atoms with van der Waals surface area (Å²) in [7, 11) is 3.62. The van der Waals surface area contributed by atoms with Crippen molar-refractivity contribution in [2.75, 3.05) is 20.6 Å². The van der Waals surface area contributed by atoms with Crippen molar-refractivity contribution in [2.45, 2.75) is 40.5 Å². The first kappa shape index (κ1) is 26.8. The first-order valence-corrected chi connectivity index (χ1v) is 9.59. The van der Waals surface area contributed by atoms with Crippen molar-refractivity contribution >= 4 is 12.4 Å². The Kier molecular flexibility index (Phi) is 19.8. The second-order valence-electron chi connectivity index (χ2n) is 5.66. The molecule has 0 amide bonds. The standard InChI is InChI=1S/C11H17N.C9H10.C2H6N2.C2H6/c1-10-6-3-4-7-11(10)8-5-9-12-2;1-3-9-6-4-5-8(2)7-9;1-4-2-3;1-2/h3-4,6-7,12H,5,8-9H2,1-2H3;3-7H,1H2,2H3;2H,1H3,(H2,3,4);1-2H3. The van der Waals surface area contributed by atoms with Gasteiger partial charge >= 0.3 is 0 Å². The molecule has 0 heterocycles. The van der Waals surface area contributed by atoms with Gasteiger partial charge in [0.1, 0.15) is 0 Å². The molecule has 0 saturated heterocycles. The maximum Gasteiger partial charge on any atom is 0.0794 e. The van der Waals surface area contributed by atoms with Crippen LogP contribution in [0.1, 0.15) is 42.5 Å². The van der Waals surface area contributed by atoms with E-state index in [1.54, 1.807) is 7.05 Å². The fourth-order valence-electron chi connectivity index (χ4n) is 2.14. The molecule has 0 aliphatic carbocycles. The van der Waals surface area contributed by atoms with E-state index < -0.39 is 0 Å². The number of hydrogen-bond acceptors (Lipinski definition) is 2. The summed E-state index contributed by atoms with van der Waals surface area (Å²) in [6.45, 7) is 13.0. The van der Waals surface area contributed by atoms with Crippen LogP contribution in [-0.4, -0.2) is 27.0 Å². The molecule has 2 aromatic carbocycles. The Morgan fingerprint density at radius 1 is 1.07 bits per heavy atom. The highest BCUT2D eigenvalue weighted by atomic mass is 14.8. The van der Waals surface area contributed by atoms with Crippen LogP contribution in [0.5, 0.6) is 0 Å². The molecule has 0 aliphatic rings. The van der Waals surface area contributed by atoms with E-state index in [0.717, 1.165) is 6.54 Å². The fourth-order valence-corrected chi connectivity index (χ4v) is 2.14. The number of rotatable bonds is 5. The van der Waals surface area contributed by atoms with Gasteiger partial charge in [0.2, 0.25) is 0 Å². The van der Waals surface area contributed by atoms with Crippen molar-refractivity contribution in [2.24, 2.45) is 10.7 Å². The van der Waals surface area contributed by atoms with E-state index in [1.165, 1.54) is 41.4 Å². The molecule has 0 spiro atoms. The Hall–Kier alpha value is -2.39. The van der Waals surface area contributed by atoms with Gasteiger partial charge in [-0.05, 0) is 57.0 Å². The lowest BCUT2D eigenvalue weighted by Crippen LogP contribution is -2.08. The number of benzene rings is 2. The van der Waals surface area contributed by atoms with E-state index in [2.05, 4.69) is 67.1 Å². The minimum Gasteiger partial charge on any atom is -0.390 e. The second-order valence-corrected chi connectivity index (χ2v) is 5.66. The lowest BCUT2D eigenvalue weighted by atomic mass is 10.0. The van der Waals surface area contributed by atoms with Crippen molar-refractivity contribution in [3.63, 3.8) is 0 Å². The monoisotopic (exact) mass is 369 g/mol. The molecule has 0 aliphatic heterocycles. The summed E-state index contributed by atoms with van der Waals surface area (Å²) in [5, 5.41) is 3.16. The summed E-state index contributed by atoms with van der Waals surface area (Å²) in [6, 6.07) is 16.9. The molecule has 0 bridgehead atoms. The predicted octanol–water partition coefficient (Wildman–Crippen LogP) is 5.41. The molecule has 0 aromatic heterocycles. The Labute approximate surface area is 167 Å². The zero-order chi connectivity index (χ0) is 20.9. The van der Waals surface area contributed by atoms with Crippen LogP contribution in [-0.2, 0) is 6.42 Å². The van der Waals surface area contributed by atoms with Gasteiger partial charge in [0, 0.05) is 7.05 Å². The molecule has 2 aromatic rings. The molecule has 0 unspecified atom stereocenters. The highest BCUT2D eigenvalue weighted by Gasteiger charge is 1.95. The van der Waals surface area contributed by atoms with Crippen LogP contribution in [0.15, 0.2) is 60.1 Å². The second kappa shape index (κ2) is 19.9. The number of nitrogens with zero attached hydrogens (tertiary/aromatic N) is 1. The fraction of sp³-hybridized carbons (Fsp3) is 0.375. The molecule has 2 rings (SSSR count). The molecule has 27 heavy (non-hydrogen) atoms. The molecular formula is C24H39N3. The van der Waals surface area contributed by atoms with Crippen molar-refractivity contribution in [3.05, 3.63) is 77.4 Å². The van der Waals surface area contributed by atoms with Crippen LogP contribution in [0.2, 0.25) is 0 Å². The first-order chi connectivity index (χ1) is 13.1. The molecule has 3 heteroatoms. The van der Waals surface area contributed by atoms with Gasteiger partial charge < -0.3 is 11.1 Å². The quantitative estimate of drug-likeness (QED) is 0.420. The molecule has 0 radical (unpaired) electrons. The van der Waals surface area contributed by atoms with Crippen LogP contribution < -0.4 is 11.1 Å². The lowest BCUT2D eigenvalue weighted by molar-refractivity contribution is 0.723. The van der Waals surface area contributed by atoms with Crippen molar-refractivity contribution in [3.8, 4) is 0 Å². The predicted molar refractivity (Wildman–Crippen MR) is 125 cm³/mol. The van der Waals surface area contributed by atoms with Crippen LogP contribution >= 0.6 is 0 Å². The highest BCUT2D eigenvalue weighted by Crippen LogP contribution is 2.08. The third kappa shape index (κ3) is 15.6. The maximum absolute atomic E-state index is 4.74. The summed E-state index contributed by atoms with van der Waals surface area (Å²) in [6.07, 6.45) is 5.52. The normalized spacial score (nSPS) is 9.11. The summed E-state index contributed by atoms with van der Waals surface area (Å²) >= 11 is 0. The Bertz CT molecular complexity index is 615. The molecule has 0 fully saturated rings. The Morgan fingerprint density at radius 3 is 2.15 bits per heavy atom. The molecule has 0 atom stereocenters. The van der Waals surface area contributed by atoms with Crippen LogP contribution in [0.25, 0.3) is 6.08 Å². The van der Waals surface area contributed by atoms with Gasteiger partial charge in [0.25, 0.3) is 0 Å². The molecule has 150 valence electrons. The summed E-state index contributed by atoms with van der Waals surface area (Å²) in [5.74, 6) is 0. The zero-order valence-electron chi connectivity index (χ0n) is 18.1. The number of nitrogens with two attached hydrogens (primary N) is 1. The van der Waals surface area contributed by atoms with Gasteiger partial charge in [-0.15, -0.1) is 0 Å². The number of hydrogen-bond donors (Lipinski definition) is 2. The van der Waals surface area contributed by atoms with Gasteiger partial charge in [-0.25, -0.2) is 0 Å². The molecule has 0 saturated carbocycles. The van der Waals surface area contributed by atoms with Crippen LogP contribution in [0, 0.1) is 13.8 Å². The van der Waals surface area contributed by atoms with Gasteiger partial charge in [0.05, 0.1) is 6.34 Å². The van der Waals surface area contributed by atoms with Crippen molar-refractivity contribution in [1.29, 1.82) is 0 Å². The van der Waals surface area contributed by atoms with Crippen LogP contribution in [0.4, 0.5) is 0 Å². The zero-order valence-corrected chi connectivity index (χ0v) is 18.1. The third-order valence-electron chi connectivity index (χ3n) is 3.56. The average Bonchev–Trinajstić information content (AvgIpc) is 2.72. The largest absolute Gasteiger partial charge is 0.390 e. The molecule has 3 N–H and O–H groups in total. The van der Waals surface area contributed by atoms with E-state index >= 15 is 0 Å². The van der Waals surface area contributed by atoms with Gasteiger partial charge in [-0.2, -0.15) is 0 Å². The van der Waals surface area contributed by atoms with E-state index in [1.807, 2.05) is 39.1 Å². The SMILES string of the molecule is C=Cc1cccc(C)c1.CC.CN=CN.CNCCCc1ccccc1C. The number of aliphatic imine (C=N–C) groups is 1. The Balaban J connectivity index is 0. The van der Waals surface area contributed by atoms with Crippen LogP contribution in [0.3, 0.4) is 0 Å².